The number of unbranched alkanes of at least 4 members (excludes halogenated alkanes) is 1. The van der Waals surface area contributed by atoms with Crippen molar-refractivity contribution in [2.45, 2.75) is 25.3 Å². The maximum absolute atomic E-state index is 11.6. The number of carbonyl (C=O) groups is 1. The summed E-state index contributed by atoms with van der Waals surface area (Å²) in [5.74, 6) is -0.0195. The summed E-state index contributed by atoms with van der Waals surface area (Å²) in [7, 11) is 1.77. The van der Waals surface area contributed by atoms with E-state index in [9.17, 15) is 4.79 Å². The molecule has 2 N–H and O–H groups in total. The van der Waals surface area contributed by atoms with Crippen LogP contribution in [0.15, 0.2) is 25.3 Å². The van der Waals surface area contributed by atoms with Gasteiger partial charge in [0.05, 0.1) is 6.04 Å². The molecule has 0 saturated heterocycles. The summed E-state index contributed by atoms with van der Waals surface area (Å²) in [5, 5.41) is 0. The van der Waals surface area contributed by atoms with Crippen LogP contribution >= 0.6 is 0 Å². The minimum absolute atomic E-state index is 0.0195. The highest BCUT2D eigenvalue weighted by molar-refractivity contribution is 5.81. The first-order chi connectivity index (χ1) is 6.63. The number of hydrogen-bond donors (Lipinski definition) is 1. The van der Waals surface area contributed by atoms with E-state index in [1.807, 2.05) is 6.08 Å². The number of likely N-dealkylation sites (N-methyl/N-ethyl adjacent to an activating group) is 1. The van der Waals surface area contributed by atoms with Gasteiger partial charge in [-0.05, 0) is 19.3 Å². The molecule has 0 aliphatic rings. The SMILES string of the molecule is C=CCCCN(C)C(=O)C(N)CC=C. The Bertz CT molecular complexity index is 201. The molecule has 0 saturated carbocycles. The summed E-state index contributed by atoms with van der Waals surface area (Å²) >= 11 is 0. The lowest BCUT2D eigenvalue weighted by Gasteiger charge is -2.20. The first kappa shape index (κ1) is 12.9. The zero-order chi connectivity index (χ0) is 11.0. The number of nitrogens with zero attached hydrogens (tertiary/aromatic N) is 1. The van der Waals surface area contributed by atoms with Crippen LogP contribution in [0.3, 0.4) is 0 Å². The molecule has 1 amide bonds. The highest BCUT2D eigenvalue weighted by atomic mass is 16.2. The molecular weight excluding hydrogens is 176 g/mol. The molecule has 0 radical (unpaired) electrons. The third kappa shape index (κ3) is 4.82. The van der Waals surface area contributed by atoms with Gasteiger partial charge in [0.25, 0.3) is 0 Å². The van der Waals surface area contributed by atoms with Gasteiger partial charge in [0.2, 0.25) is 5.91 Å². The Morgan fingerprint density at radius 2 is 2.14 bits per heavy atom. The van der Waals surface area contributed by atoms with Gasteiger partial charge in [-0.1, -0.05) is 12.2 Å². The van der Waals surface area contributed by atoms with Crippen LogP contribution in [-0.2, 0) is 4.79 Å². The maximum Gasteiger partial charge on any atom is 0.239 e. The van der Waals surface area contributed by atoms with Crippen molar-refractivity contribution in [1.29, 1.82) is 0 Å². The number of amides is 1. The van der Waals surface area contributed by atoms with Gasteiger partial charge in [-0.3, -0.25) is 4.79 Å². The molecule has 0 heterocycles. The highest BCUT2D eigenvalue weighted by Gasteiger charge is 2.15. The van der Waals surface area contributed by atoms with Crippen molar-refractivity contribution in [1.82, 2.24) is 4.90 Å². The molecule has 0 aromatic heterocycles. The van der Waals surface area contributed by atoms with Gasteiger partial charge in [0, 0.05) is 13.6 Å². The third-order valence-corrected chi connectivity index (χ3v) is 2.02. The van der Waals surface area contributed by atoms with Crippen molar-refractivity contribution in [3.63, 3.8) is 0 Å². The number of allylic oxidation sites excluding steroid dienone is 1. The molecule has 0 aliphatic heterocycles. The number of hydrogen-bond acceptors (Lipinski definition) is 2. The van der Waals surface area contributed by atoms with E-state index in [0.29, 0.717) is 6.42 Å². The van der Waals surface area contributed by atoms with Crippen molar-refractivity contribution in [3.8, 4) is 0 Å². The summed E-state index contributed by atoms with van der Waals surface area (Å²) in [6, 6.07) is -0.443. The topological polar surface area (TPSA) is 46.3 Å². The van der Waals surface area contributed by atoms with E-state index >= 15 is 0 Å². The van der Waals surface area contributed by atoms with Crippen molar-refractivity contribution in [2.75, 3.05) is 13.6 Å². The van der Waals surface area contributed by atoms with Gasteiger partial charge in [0.15, 0.2) is 0 Å². The fourth-order valence-corrected chi connectivity index (χ4v) is 1.15. The average molecular weight is 196 g/mol. The van der Waals surface area contributed by atoms with Crippen LogP contribution in [-0.4, -0.2) is 30.4 Å². The Balaban J connectivity index is 3.85. The Morgan fingerprint density at radius 3 is 2.64 bits per heavy atom. The van der Waals surface area contributed by atoms with Crippen molar-refractivity contribution < 1.29 is 4.79 Å². The van der Waals surface area contributed by atoms with Gasteiger partial charge in [-0.2, -0.15) is 0 Å². The second-order valence-electron chi connectivity index (χ2n) is 3.32. The average Bonchev–Trinajstić information content (AvgIpc) is 2.17. The molecule has 0 rings (SSSR count). The van der Waals surface area contributed by atoms with E-state index in [2.05, 4.69) is 13.2 Å². The zero-order valence-corrected chi connectivity index (χ0v) is 8.91. The largest absolute Gasteiger partial charge is 0.344 e. The number of rotatable bonds is 7. The van der Waals surface area contributed by atoms with Crippen molar-refractivity contribution in [3.05, 3.63) is 25.3 Å². The van der Waals surface area contributed by atoms with Gasteiger partial charge < -0.3 is 10.6 Å². The van der Waals surface area contributed by atoms with E-state index in [1.165, 1.54) is 0 Å². The molecule has 0 fully saturated rings. The molecule has 0 bridgehead atoms. The fraction of sp³-hybridized carbons (Fsp3) is 0.545. The lowest BCUT2D eigenvalue weighted by Crippen LogP contribution is -2.41. The summed E-state index contributed by atoms with van der Waals surface area (Å²) < 4.78 is 0. The smallest absolute Gasteiger partial charge is 0.239 e. The molecule has 14 heavy (non-hydrogen) atoms. The van der Waals surface area contributed by atoms with Crippen LogP contribution < -0.4 is 5.73 Å². The summed E-state index contributed by atoms with van der Waals surface area (Å²) in [6.07, 6.45) is 5.91. The minimum atomic E-state index is -0.443. The molecule has 0 aromatic rings. The Hall–Kier alpha value is -1.09. The normalized spacial score (nSPS) is 11.9. The number of carbonyl (C=O) groups excluding carboxylic acids is 1. The van der Waals surface area contributed by atoms with Gasteiger partial charge >= 0.3 is 0 Å². The predicted molar refractivity (Wildman–Crippen MR) is 59.9 cm³/mol. The maximum atomic E-state index is 11.6. The molecule has 0 spiro atoms. The highest BCUT2D eigenvalue weighted by Crippen LogP contribution is 1.98. The summed E-state index contributed by atoms with van der Waals surface area (Å²) in [5.41, 5.74) is 5.65. The van der Waals surface area contributed by atoms with Crippen LogP contribution in [0.4, 0.5) is 0 Å². The standard InChI is InChI=1S/C11H20N2O/c1-4-6-7-9-13(3)11(14)10(12)8-5-2/h4-5,10H,1-2,6-9,12H2,3H3. The van der Waals surface area contributed by atoms with E-state index in [4.69, 9.17) is 5.73 Å². The van der Waals surface area contributed by atoms with E-state index in [1.54, 1.807) is 18.0 Å². The van der Waals surface area contributed by atoms with Gasteiger partial charge in [0.1, 0.15) is 0 Å². The van der Waals surface area contributed by atoms with E-state index in [0.717, 1.165) is 19.4 Å². The minimum Gasteiger partial charge on any atom is -0.344 e. The first-order valence-electron chi connectivity index (χ1n) is 4.85. The second kappa shape index (κ2) is 7.33. The third-order valence-electron chi connectivity index (χ3n) is 2.02. The summed E-state index contributed by atoms with van der Waals surface area (Å²) in [4.78, 5) is 13.2. The molecule has 3 heteroatoms. The van der Waals surface area contributed by atoms with Crippen LogP contribution in [0.25, 0.3) is 0 Å². The molecule has 0 aromatic carbocycles. The van der Waals surface area contributed by atoms with Crippen LogP contribution in [0.1, 0.15) is 19.3 Å². The second-order valence-corrected chi connectivity index (χ2v) is 3.32. The van der Waals surface area contributed by atoms with Crippen molar-refractivity contribution >= 4 is 5.91 Å². The monoisotopic (exact) mass is 196 g/mol. The Morgan fingerprint density at radius 1 is 1.50 bits per heavy atom. The van der Waals surface area contributed by atoms with Crippen LogP contribution in [0, 0.1) is 0 Å². The lowest BCUT2D eigenvalue weighted by molar-refractivity contribution is -0.131. The van der Waals surface area contributed by atoms with E-state index in [-0.39, 0.29) is 5.91 Å². The summed E-state index contributed by atoms with van der Waals surface area (Å²) in [6.45, 7) is 7.91. The molecule has 1 atom stereocenters. The lowest BCUT2D eigenvalue weighted by atomic mass is 10.2. The first-order valence-corrected chi connectivity index (χ1v) is 4.85. The quantitative estimate of drug-likeness (QED) is 0.493. The molecule has 3 nitrogen and oxygen atoms in total. The van der Waals surface area contributed by atoms with E-state index < -0.39 is 6.04 Å². The van der Waals surface area contributed by atoms with Crippen LogP contribution in [0.5, 0.6) is 0 Å². The van der Waals surface area contributed by atoms with Gasteiger partial charge in [-0.25, -0.2) is 0 Å². The molecular formula is C11H20N2O. The number of nitrogens with two attached hydrogens (primary N) is 1. The van der Waals surface area contributed by atoms with Crippen molar-refractivity contribution in [2.24, 2.45) is 5.73 Å². The van der Waals surface area contributed by atoms with Gasteiger partial charge in [-0.15, -0.1) is 13.2 Å². The fourth-order valence-electron chi connectivity index (χ4n) is 1.15. The molecule has 0 aliphatic carbocycles. The Labute approximate surface area is 86.3 Å². The Kier molecular flexibility index (Phi) is 6.76. The zero-order valence-electron chi connectivity index (χ0n) is 8.91. The predicted octanol–water partition coefficient (Wildman–Crippen LogP) is 1.31. The molecule has 80 valence electrons. The van der Waals surface area contributed by atoms with Crippen LogP contribution in [0.2, 0.25) is 0 Å². The molecule has 1 unspecified atom stereocenters.